The van der Waals surface area contributed by atoms with Gasteiger partial charge in [0.15, 0.2) is 0 Å². The van der Waals surface area contributed by atoms with E-state index in [2.05, 4.69) is 12.2 Å². The summed E-state index contributed by atoms with van der Waals surface area (Å²) < 4.78 is 0. The van der Waals surface area contributed by atoms with Gasteiger partial charge in [-0.1, -0.05) is 6.92 Å². The Hall–Kier alpha value is -0.220. The van der Waals surface area contributed by atoms with Gasteiger partial charge in [0.05, 0.1) is 6.54 Å². The minimum atomic E-state index is -0.0376. The van der Waals surface area contributed by atoms with Crippen LogP contribution in [0, 0.1) is 0 Å². The fourth-order valence-corrected chi connectivity index (χ4v) is 2.39. The quantitative estimate of drug-likeness (QED) is 0.617. The second kappa shape index (κ2) is 3.97. The maximum absolute atomic E-state index is 10.9. The van der Waals surface area contributed by atoms with Gasteiger partial charge in [-0.05, 0) is 12.2 Å². The summed E-state index contributed by atoms with van der Waals surface area (Å²) in [6.45, 7) is 2.24. The van der Waals surface area contributed by atoms with Gasteiger partial charge in [0.1, 0.15) is 0 Å². The van der Waals surface area contributed by atoms with Gasteiger partial charge in [0.25, 0.3) is 0 Å². The number of hydrogen-bond donors (Lipinski definition) is 2. The maximum atomic E-state index is 10.9. The Morgan fingerprint density at radius 2 is 2.55 bits per heavy atom. The summed E-state index contributed by atoms with van der Waals surface area (Å²) in [5, 5.41) is 3.44. The lowest BCUT2D eigenvalue weighted by molar-refractivity contribution is -0.120. The first-order valence-electron chi connectivity index (χ1n) is 3.85. The van der Waals surface area contributed by atoms with Gasteiger partial charge in [-0.2, -0.15) is 11.8 Å². The van der Waals surface area contributed by atoms with Gasteiger partial charge in [-0.3, -0.25) is 4.79 Å². The highest BCUT2D eigenvalue weighted by Gasteiger charge is 2.24. The Bertz CT molecular complexity index is 151. The van der Waals surface area contributed by atoms with Gasteiger partial charge in [-0.25, -0.2) is 0 Å². The smallest absolute Gasteiger partial charge is 0.233 e. The van der Waals surface area contributed by atoms with E-state index in [0.29, 0.717) is 11.3 Å². The van der Waals surface area contributed by atoms with Gasteiger partial charge in [-0.15, -0.1) is 0 Å². The van der Waals surface area contributed by atoms with Crippen molar-refractivity contribution in [2.75, 3.05) is 12.3 Å². The molecule has 1 aliphatic heterocycles. The van der Waals surface area contributed by atoms with Crippen LogP contribution < -0.4 is 11.1 Å². The average molecular weight is 174 g/mol. The molecule has 0 aromatic carbocycles. The molecule has 1 amide bonds. The molecular weight excluding hydrogens is 160 g/mol. The van der Waals surface area contributed by atoms with Crippen LogP contribution in [0.1, 0.15) is 13.3 Å². The fraction of sp³-hybridized carbons (Fsp3) is 0.857. The minimum Gasteiger partial charge on any atom is -0.351 e. The lowest BCUT2D eigenvalue weighted by Gasteiger charge is -2.15. The number of hydrogen-bond acceptors (Lipinski definition) is 3. The predicted octanol–water partition coefficient (Wildman–Crippen LogP) is -0.0447. The molecule has 1 saturated heterocycles. The third-order valence-electron chi connectivity index (χ3n) is 1.91. The number of thioether (sulfide) groups is 1. The summed E-state index contributed by atoms with van der Waals surface area (Å²) in [6.07, 6.45) is 1.08. The number of carbonyl (C=O) groups excluding carboxylic acids is 1. The summed E-state index contributed by atoms with van der Waals surface area (Å²) >= 11 is 1.90. The van der Waals surface area contributed by atoms with Crippen molar-refractivity contribution < 1.29 is 4.79 Å². The lowest BCUT2D eigenvalue weighted by Crippen LogP contribution is -2.41. The number of amides is 1. The van der Waals surface area contributed by atoms with E-state index in [0.717, 1.165) is 12.2 Å². The summed E-state index contributed by atoms with van der Waals surface area (Å²) in [4.78, 5) is 10.9. The van der Waals surface area contributed by atoms with Crippen LogP contribution in [0.4, 0.5) is 0 Å². The van der Waals surface area contributed by atoms with Crippen molar-refractivity contribution in [1.29, 1.82) is 0 Å². The van der Waals surface area contributed by atoms with E-state index < -0.39 is 0 Å². The van der Waals surface area contributed by atoms with Crippen molar-refractivity contribution in [3.05, 3.63) is 0 Å². The van der Waals surface area contributed by atoms with Crippen LogP contribution in [0.25, 0.3) is 0 Å². The molecule has 64 valence electrons. The monoisotopic (exact) mass is 174 g/mol. The van der Waals surface area contributed by atoms with Gasteiger partial charge < -0.3 is 11.1 Å². The van der Waals surface area contributed by atoms with Gasteiger partial charge in [0, 0.05) is 11.3 Å². The van der Waals surface area contributed by atoms with Crippen molar-refractivity contribution >= 4 is 17.7 Å². The SMILES string of the molecule is CC1SCCC1NC(=O)CN. The second-order valence-corrected chi connectivity index (χ2v) is 4.23. The molecule has 0 aliphatic carbocycles. The highest BCUT2D eigenvalue weighted by Crippen LogP contribution is 2.25. The van der Waals surface area contributed by atoms with Crippen molar-refractivity contribution in [2.45, 2.75) is 24.6 Å². The van der Waals surface area contributed by atoms with Crippen LogP contribution in [-0.4, -0.2) is 29.5 Å². The second-order valence-electron chi connectivity index (χ2n) is 2.74. The van der Waals surface area contributed by atoms with E-state index in [1.54, 1.807) is 0 Å². The van der Waals surface area contributed by atoms with Gasteiger partial charge >= 0.3 is 0 Å². The standard InChI is InChI=1S/C7H14N2OS/c1-5-6(2-3-11-5)9-7(10)4-8/h5-6H,2-4,8H2,1H3,(H,9,10). The Balaban J connectivity index is 2.30. The van der Waals surface area contributed by atoms with Crippen LogP contribution in [0.5, 0.6) is 0 Å². The number of carbonyl (C=O) groups is 1. The maximum Gasteiger partial charge on any atom is 0.233 e. The van der Waals surface area contributed by atoms with E-state index in [1.165, 1.54) is 0 Å². The zero-order valence-electron chi connectivity index (χ0n) is 6.67. The van der Waals surface area contributed by atoms with Crippen LogP contribution >= 0.6 is 11.8 Å². The first-order valence-corrected chi connectivity index (χ1v) is 4.90. The fourth-order valence-electron chi connectivity index (χ4n) is 1.19. The average Bonchev–Trinajstić information content (AvgIpc) is 2.37. The Morgan fingerprint density at radius 3 is 3.00 bits per heavy atom. The largest absolute Gasteiger partial charge is 0.351 e. The number of nitrogens with two attached hydrogens (primary N) is 1. The molecule has 0 spiro atoms. The predicted molar refractivity (Wildman–Crippen MR) is 47.5 cm³/mol. The number of nitrogens with one attached hydrogen (secondary N) is 1. The molecule has 3 nitrogen and oxygen atoms in total. The molecule has 2 atom stereocenters. The molecule has 3 N–H and O–H groups in total. The molecule has 0 aromatic heterocycles. The molecule has 1 heterocycles. The molecule has 0 saturated carbocycles. The molecule has 1 fully saturated rings. The summed E-state index contributed by atoms with van der Waals surface area (Å²) in [7, 11) is 0. The Labute approximate surface area is 71.1 Å². The van der Waals surface area contributed by atoms with Crippen LogP contribution in [0.2, 0.25) is 0 Å². The van der Waals surface area contributed by atoms with E-state index in [1.807, 2.05) is 11.8 Å². The first kappa shape index (κ1) is 8.87. The highest BCUT2D eigenvalue weighted by molar-refractivity contribution is 8.00. The molecule has 11 heavy (non-hydrogen) atoms. The van der Waals surface area contributed by atoms with Crippen molar-refractivity contribution in [2.24, 2.45) is 5.73 Å². The van der Waals surface area contributed by atoms with E-state index in [4.69, 9.17) is 5.73 Å². The molecule has 2 unspecified atom stereocenters. The lowest BCUT2D eigenvalue weighted by atomic mass is 10.2. The number of rotatable bonds is 2. The van der Waals surface area contributed by atoms with Crippen LogP contribution in [0.3, 0.4) is 0 Å². The minimum absolute atomic E-state index is 0.0376. The molecule has 1 rings (SSSR count). The van der Waals surface area contributed by atoms with Crippen LogP contribution in [-0.2, 0) is 4.79 Å². The molecule has 0 aromatic rings. The zero-order valence-corrected chi connectivity index (χ0v) is 7.49. The third-order valence-corrected chi connectivity index (χ3v) is 3.23. The zero-order chi connectivity index (χ0) is 8.27. The topological polar surface area (TPSA) is 55.1 Å². The highest BCUT2D eigenvalue weighted by atomic mass is 32.2. The molecular formula is C7H14N2OS. The van der Waals surface area contributed by atoms with Crippen molar-refractivity contribution in [3.63, 3.8) is 0 Å². The van der Waals surface area contributed by atoms with E-state index >= 15 is 0 Å². The molecule has 0 bridgehead atoms. The van der Waals surface area contributed by atoms with E-state index in [-0.39, 0.29) is 12.5 Å². The summed E-state index contributed by atoms with van der Waals surface area (Å²) in [6, 6.07) is 0.344. The first-order chi connectivity index (χ1) is 5.24. The Morgan fingerprint density at radius 1 is 1.82 bits per heavy atom. The Kier molecular flexibility index (Phi) is 3.20. The third kappa shape index (κ3) is 2.38. The van der Waals surface area contributed by atoms with E-state index in [9.17, 15) is 4.79 Å². The van der Waals surface area contributed by atoms with Crippen molar-refractivity contribution in [3.8, 4) is 0 Å². The van der Waals surface area contributed by atoms with Crippen molar-refractivity contribution in [1.82, 2.24) is 5.32 Å². The van der Waals surface area contributed by atoms with Crippen LogP contribution in [0.15, 0.2) is 0 Å². The summed E-state index contributed by atoms with van der Waals surface area (Å²) in [5.74, 6) is 1.11. The molecule has 4 heteroatoms. The molecule has 0 radical (unpaired) electrons. The molecule has 1 aliphatic rings. The normalized spacial score (nSPS) is 30.4. The van der Waals surface area contributed by atoms with Gasteiger partial charge in [0.2, 0.25) is 5.91 Å². The summed E-state index contributed by atoms with van der Waals surface area (Å²) in [5.41, 5.74) is 5.18.